The SMILES string of the molecule is COC(=O)NC12CC(c3nc4c(F)cc(-c5nc(N[C@@H]6CCOC[C@H]6O)ncc5Cl)cc4n3C(C)C)(C1)C2. The van der Waals surface area contributed by atoms with Crippen molar-refractivity contribution in [1.29, 1.82) is 0 Å². The number of aliphatic hydroxyl groups is 1. The van der Waals surface area contributed by atoms with Gasteiger partial charge in [-0.25, -0.2) is 24.1 Å². The number of methoxy groups -OCH3 is 1. The maximum absolute atomic E-state index is 15.6. The number of hydrogen-bond donors (Lipinski definition) is 3. The summed E-state index contributed by atoms with van der Waals surface area (Å²) in [6, 6.07) is 3.03. The lowest BCUT2D eigenvalue weighted by atomic mass is 9.39. The van der Waals surface area contributed by atoms with E-state index >= 15 is 4.39 Å². The lowest BCUT2D eigenvalue weighted by Crippen LogP contribution is -2.77. The molecule has 1 aliphatic heterocycles. The number of anilines is 1. The Kier molecular flexibility index (Phi) is 6.00. The molecular weight excluding hydrogens is 515 g/mol. The van der Waals surface area contributed by atoms with Gasteiger partial charge < -0.3 is 29.8 Å². The molecule has 38 heavy (non-hydrogen) atoms. The number of amides is 1. The van der Waals surface area contributed by atoms with Crippen LogP contribution in [0.25, 0.3) is 22.3 Å². The highest BCUT2D eigenvalue weighted by Gasteiger charge is 2.71. The zero-order valence-electron chi connectivity index (χ0n) is 21.4. The molecule has 2 atom stereocenters. The van der Waals surface area contributed by atoms with Crippen LogP contribution in [0, 0.1) is 5.82 Å². The highest BCUT2D eigenvalue weighted by atomic mass is 35.5. The molecule has 0 radical (unpaired) electrons. The number of fused-ring (bicyclic) bond motifs is 1. The van der Waals surface area contributed by atoms with E-state index in [0.29, 0.717) is 41.3 Å². The average molecular weight is 545 g/mol. The number of aliphatic hydroxyl groups excluding tert-OH is 1. The number of aromatic nitrogens is 4. The Morgan fingerprint density at radius 3 is 2.76 bits per heavy atom. The highest BCUT2D eigenvalue weighted by Crippen LogP contribution is 2.68. The van der Waals surface area contributed by atoms with E-state index in [-0.39, 0.29) is 34.7 Å². The van der Waals surface area contributed by atoms with Gasteiger partial charge >= 0.3 is 6.09 Å². The molecule has 202 valence electrons. The van der Waals surface area contributed by atoms with E-state index in [9.17, 15) is 9.90 Å². The van der Waals surface area contributed by atoms with Crippen LogP contribution in [0.4, 0.5) is 15.1 Å². The molecule has 2 aromatic heterocycles. The smallest absolute Gasteiger partial charge is 0.407 e. The number of ether oxygens (including phenoxy) is 2. The second kappa shape index (κ2) is 9.03. The first-order valence-electron chi connectivity index (χ1n) is 12.8. The van der Waals surface area contributed by atoms with Crippen molar-refractivity contribution < 1.29 is 23.8 Å². The Hall–Kier alpha value is -3.02. The molecule has 3 aromatic rings. The van der Waals surface area contributed by atoms with Gasteiger partial charge in [-0.1, -0.05) is 11.6 Å². The largest absolute Gasteiger partial charge is 0.453 e. The minimum Gasteiger partial charge on any atom is -0.453 e. The Morgan fingerprint density at radius 2 is 2.08 bits per heavy atom. The lowest BCUT2D eigenvalue weighted by molar-refractivity contribution is -0.0906. The third-order valence-corrected chi connectivity index (χ3v) is 8.26. The maximum Gasteiger partial charge on any atom is 0.407 e. The standard InChI is InChI=1S/C26H30ClFN6O4/c1-13(2)34-18-7-14(20-15(27)8-29-23(32-20)30-17-4-5-38-9-19(17)35)6-16(28)21(18)31-22(34)25-10-26(11-25,12-25)33-24(36)37-3/h6-8,13,17,19,35H,4-5,9-12H2,1-3H3,(H,33,36)(H,29,30,32)/t17-,19-,25?,26?/m1/s1. The molecule has 4 aliphatic rings. The van der Waals surface area contributed by atoms with Crippen LogP contribution in [0.3, 0.4) is 0 Å². The van der Waals surface area contributed by atoms with Crippen LogP contribution in [-0.4, -0.2) is 68.7 Å². The second-order valence-electron chi connectivity index (χ2n) is 11.0. The first-order chi connectivity index (χ1) is 18.1. The fourth-order valence-electron chi connectivity index (χ4n) is 6.31. The Morgan fingerprint density at radius 1 is 1.32 bits per heavy atom. The van der Waals surface area contributed by atoms with Crippen molar-refractivity contribution in [2.75, 3.05) is 25.6 Å². The number of rotatable bonds is 6. The van der Waals surface area contributed by atoms with Crippen LogP contribution < -0.4 is 10.6 Å². The summed E-state index contributed by atoms with van der Waals surface area (Å²) in [6.07, 6.45) is 3.18. The molecule has 7 rings (SSSR count). The average Bonchev–Trinajstić information content (AvgIpc) is 3.23. The summed E-state index contributed by atoms with van der Waals surface area (Å²) in [5, 5.41) is 16.6. The van der Waals surface area contributed by atoms with Crippen molar-refractivity contribution in [1.82, 2.24) is 24.8 Å². The van der Waals surface area contributed by atoms with E-state index < -0.39 is 18.0 Å². The van der Waals surface area contributed by atoms with E-state index in [0.717, 1.165) is 25.1 Å². The van der Waals surface area contributed by atoms with Gasteiger partial charge in [0.25, 0.3) is 0 Å². The molecular formula is C26H30ClFN6O4. The molecule has 10 nitrogen and oxygen atoms in total. The number of imidazole rings is 1. The van der Waals surface area contributed by atoms with Crippen LogP contribution in [0.5, 0.6) is 0 Å². The summed E-state index contributed by atoms with van der Waals surface area (Å²) in [6.45, 7) is 4.85. The molecule has 1 saturated heterocycles. The van der Waals surface area contributed by atoms with E-state index in [1.807, 2.05) is 19.9 Å². The molecule has 3 aliphatic carbocycles. The van der Waals surface area contributed by atoms with E-state index in [4.69, 9.17) is 26.1 Å². The molecule has 3 heterocycles. The van der Waals surface area contributed by atoms with Crippen molar-refractivity contribution >= 4 is 34.7 Å². The Labute approximate surface area is 223 Å². The van der Waals surface area contributed by atoms with Gasteiger partial charge in [0.2, 0.25) is 5.95 Å². The van der Waals surface area contributed by atoms with Crippen molar-refractivity contribution in [3.8, 4) is 11.3 Å². The summed E-state index contributed by atoms with van der Waals surface area (Å²) < 4.78 is 27.7. The molecule has 0 unspecified atom stereocenters. The van der Waals surface area contributed by atoms with Gasteiger partial charge in [0, 0.05) is 29.2 Å². The summed E-state index contributed by atoms with van der Waals surface area (Å²) >= 11 is 6.48. The first-order valence-corrected chi connectivity index (χ1v) is 13.1. The number of nitrogens with one attached hydrogen (secondary N) is 2. The third kappa shape index (κ3) is 3.99. The predicted octanol–water partition coefficient (Wildman–Crippen LogP) is 3.96. The first kappa shape index (κ1) is 25.3. The quantitative estimate of drug-likeness (QED) is 0.426. The maximum atomic E-state index is 15.6. The summed E-state index contributed by atoms with van der Waals surface area (Å²) in [5.41, 5.74) is 1.38. The molecule has 12 heteroatoms. The van der Waals surface area contributed by atoms with Crippen LogP contribution in [-0.2, 0) is 14.9 Å². The van der Waals surface area contributed by atoms with Crippen molar-refractivity contribution in [2.24, 2.45) is 0 Å². The molecule has 4 fully saturated rings. The predicted molar refractivity (Wildman–Crippen MR) is 139 cm³/mol. The summed E-state index contributed by atoms with van der Waals surface area (Å²) in [7, 11) is 1.35. The van der Waals surface area contributed by atoms with Gasteiger partial charge in [0.15, 0.2) is 5.82 Å². The molecule has 2 bridgehead atoms. The number of nitrogens with zero attached hydrogens (tertiary/aromatic N) is 4. The number of benzene rings is 1. The van der Waals surface area contributed by atoms with E-state index in [1.54, 1.807) is 0 Å². The van der Waals surface area contributed by atoms with Gasteiger partial charge in [0.05, 0.1) is 48.3 Å². The van der Waals surface area contributed by atoms with Gasteiger partial charge in [-0.15, -0.1) is 0 Å². The molecule has 1 aromatic carbocycles. The Bertz CT molecular complexity index is 1410. The number of alkyl carbamates (subject to hydrolysis) is 1. The summed E-state index contributed by atoms with van der Waals surface area (Å²) in [4.78, 5) is 25.4. The van der Waals surface area contributed by atoms with Crippen LogP contribution in [0.2, 0.25) is 5.02 Å². The van der Waals surface area contributed by atoms with Crippen molar-refractivity contribution in [2.45, 2.75) is 68.7 Å². The zero-order valence-corrected chi connectivity index (χ0v) is 22.2. The van der Waals surface area contributed by atoms with Gasteiger partial charge in [-0.05, 0) is 51.7 Å². The number of carbonyl (C=O) groups is 1. The van der Waals surface area contributed by atoms with E-state index in [2.05, 4.69) is 25.2 Å². The second-order valence-corrected chi connectivity index (χ2v) is 11.4. The normalized spacial score (nSPS) is 28.1. The van der Waals surface area contributed by atoms with Crippen LogP contribution >= 0.6 is 11.6 Å². The topological polar surface area (TPSA) is 123 Å². The highest BCUT2D eigenvalue weighted by molar-refractivity contribution is 6.33. The Balaban J connectivity index is 1.35. The van der Waals surface area contributed by atoms with Gasteiger partial charge in [-0.2, -0.15) is 0 Å². The number of halogens is 2. The van der Waals surface area contributed by atoms with Crippen LogP contribution in [0.15, 0.2) is 18.3 Å². The van der Waals surface area contributed by atoms with Crippen molar-refractivity contribution in [3.63, 3.8) is 0 Å². The lowest BCUT2D eigenvalue weighted by Gasteiger charge is -2.69. The molecule has 3 saturated carbocycles. The summed E-state index contributed by atoms with van der Waals surface area (Å²) in [5.74, 6) is 0.666. The fourth-order valence-corrected chi connectivity index (χ4v) is 6.51. The van der Waals surface area contributed by atoms with E-state index in [1.165, 1.54) is 19.4 Å². The number of hydrogen-bond acceptors (Lipinski definition) is 8. The third-order valence-electron chi connectivity index (χ3n) is 7.98. The molecule has 0 spiro atoms. The zero-order chi connectivity index (χ0) is 26.8. The van der Waals surface area contributed by atoms with Crippen molar-refractivity contribution in [3.05, 3.63) is 35.0 Å². The van der Waals surface area contributed by atoms with Gasteiger partial charge in [-0.3, -0.25) is 0 Å². The monoisotopic (exact) mass is 544 g/mol. The fraction of sp³-hybridized carbons (Fsp3) is 0.538. The van der Waals surface area contributed by atoms with Crippen LogP contribution in [0.1, 0.15) is 51.4 Å². The number of carbonyl (C=O) groups excluding carboxylic acids is 1. The van der Waals surface area contributed by atoms with Gasteiger partial charge in [0.1, 0.15) is 11.3 Å². The minimum atomic E-state index is -0.682. The molecule has 3 N–H and O–H groups in total. The molecule has 1 amide bonds. The minimum absolute atomic E-state index is 0.0244.